The molecule has 0 fully saturated rings. The fourth-order valence-corrected chi connectivity index (χ4v) is 3.24. The molecule has 0 radical (unpaired) electrons. The van der Waals surface area contributed by atoms with Crippen molar-refractivity contribution in [3.63, 3.8) is 0 Å². The van der Waals surface area contributed by atoms with E-state index in [-0.39, 0.29) is 17.6 Å². The van der Waals surface area contributed by atoms with E-state index in [1.165, 1.54) is 0 Å². The van der Waals surface area contributed by atoms with E-state index in [0.717, 1.165) is 0 Å². The summed E-state index contributed by atoms with van der Waals surface area (Å²) >= 11 is 0. The maximum Gasteiger partial charge on any atom is 0.318 e. The van der Waals surface area contributed by atoms with Gasteiger partial charge in [0.2, 0.25) is 0 Å². The van der Waals surface area contributed by atoms with Crippen LogP contribution < -0.4 is 0 Å². The number of carbonyl (C=O) groups excluding carboxylic acids is 1. The normalized spacial score (nSPS) is 12.3. The molecule has 0 aliphatic carbocycles. The van der Waals surface area contributed by atoms with E-state index in [1.54, 1.807) is 7.11 Å². The van der Waals surface area contributed by atoms with Crippen LogP contribution in [0, 0.1) is 0 Å². The molecule has 0 atom stereocenters. The fraction of sp³-hybridized carbons (Fsp3) is 0.960. The van der Waals surface area contributed by atoms with E-state index in [1.807, 2.05) is 13.1 Å². The minimum atomic E-state index is -2.10. The van der Waals surface area contributed by atoms with Crippen molar-refractivity contribution in [1.82, 2.24) is 0 Å². The molecule has 0 bridgehead atoms. The van der Waals surface area contributed by atoms with Gasteiger partial charge in [0.1, 0.15) is 6.61 Å². The largest absolute Gasteiger partial charge is 0.517 e. The van der Waals surface area contributed by atoms with Gasteiger partial charge in [0, 0.05) is 7.11 Å². The van der Waals surface area contributed by atoms with Crippen LogP contribution in [0.5, 0.6) is 0 Å². The zero-order valence-electron chi connectivity index (χ0n) is 24.0. The van der Waals surface area contributed by atoms with Crippen molar-refractivity contribution in [1.29, 1.82) is 0 Å². The zero-order chi connectivity index (χ0) is 27.7. The molecule has 0 spiro atoms. The standard InChI is InChI=1S/C25H52O11Si/c1-25(2,3)37(5,6)36-24(26)23-35-22-21-34-20-19-33-18-17-32-16-15-31-14-13-30-12-11-29-10-9-28-8-7-27-4/h7-23H2,1-6H3. The first kappa shape index (κ1) is 36.3. The minimum Gasteiger partial charge on any atom is -0.517 e. The van der Waals surface area contributed by atoms with E-state index in [4.69, 9.17) is 47.1 Å². The van der Waals surface area contributed by atoms with Gasteiger partial charge in [-0.2, -0.15) is 0 Å². The van der Waals surface area contributed by atoms with Gasteiger partial charge in [-0.1, -0.05) is 20.8 Å². The monoisotopic (exact) mass is 556 g/mol. The van der Waals surface area contributed by atoms with Crippen LogP contribution >= 0.6 is 0 Å². The number of hydrogen-bond acceptors (Lipinski definition) is 11. The maximum absolute atomic E-state index is 11.9. The summed E-state index contributed by atoms with van der Waals surface area (Å²) in [7, 11) is -0.455. The van der Waals surface area contributed by atoms with Gasteiger partial charge in [-0.3, -0.25) is 4.79 Å². The maximum atomic E-state index is 11.9. The van der Waals surface area contributed by atoms with Crippen molar-refractivity contribution < 1.29 is 51.9 Å². The Hall–Kier alpha value is -0.673. The highest BCUT2D eigenvalue weighted by molar-refractivity contribution is 6.75. The third-order valence-electron chi connectivity index (χ3n) is 5.43. The number of ether oxygens (including phenoxy) is 9. The third kappa shape index (κ3) is 24.1. The molecule has 0 aliphatic rings. The average Bonchev–Trinajstić information content (AvgIpc) is 2.83. The van der Waals surface area contributed by atoms with Crippen molar-refractivity contribution >= 4 is 14.3 Å². The van der Waals surface area contributed by atoms with Crippen molar-refractivity contribution in [3.05, 3.63) is 0 Å². The van der Waals surface area contributed by atoms with Gasteiger partial charge in [0.25, 0.3) is 8.32 Å². The van der Waals surface area contributed by atoms with E-state index < -0.39 is 8.32 Å². The highest BCUT2D eigenvalue weighted by Crippen LogP contribution is 2.36. The Balaban J connectivity index is 3.22. The lowest BCUT2D eigenvalue weighted by Crippen LogP contribution is -2.43. The van der Waals surface area contributed by atoms with Crippen LogP contribution in [0.1, 0.15) is 20.8 Å². The van der Waals surface area contributed by atoms with Gasteiger partial charge in [0.15, 0.2) is 0 Å². The summed E-state index contributed by atoms with van der Waals surface area (Å²) in [5, 5.41) is -0.0164. The van der Waals surface area contributed by atoms with E-state index in [2.05, 4.69) is 20.8 Å². The second-order valence-electron chi connectivity index (χ2n) is 9.57. The van der Waals surface area contributed by atoms with Crippen LogP contribution in [0.15, 0.2) is 0 Å². The Morgan fingerprint density at radius 1 is 0.514 bits per heavy atom. The molecule has 37 heavy (non-hydrogen) atoms. The Labute approximate surface area is 224 Å². The quantitative estimate of drug-likeness (QED) is 0.110. The summed E-state index contributed by atoms with van der Waals surface area (Å²) in [5.74, 6) is -0.314. The van der Waals surface area contributed by atoms with Crippen LogP contribution in [0.2, 0.25) is 18.1 Å². The lowest BCUT2D eigenvalue weighted by Gasteiger charge is -2.35. The number of hydrogen-bond donors (Lipinski definition) is 0. The van der Waals surface area contributed by atoms with Gasteiger partial charge in [-0.15, -0.1) is 0 Å². The van der Waals surface area contributed by atoms with E-state index >= 15 is 0 Å². The first-order chi connectivity index (χ1) is 17.7. The average molecular weight is 557 g/mol. The molecule has 0 amide bonds. The molecule has 0 aromatic carbocycles. The van der Waals surface area contributed by atoms with Crippen LogP contribution in [0.25, 0.3) is 0 Å². The molecule has 0 aliphatic heterocycles. The topological polar surface area (TPSA) is 109 Å². The summed E-state index contributed by atoms with van der Waals surface area (Å²) in [6.45, 7) is 18.3. The summed E-state index contributed by atoms with van der Waals surface area (Å²) in [6, 6.07) is 0. The second kappa shape index (κ2) is 24.4. The molecular formula is C25H52O11Si. The third-order valence-corrected chi connectivity index (χ3v) is 9.78. The molecule has 222 valence electrons. The molecule has 0 heterocycles. The molecule has 0 unspecified atom stereocenters. The van der Waals surface area contributed by atoms with Gasteiger partial charge in [-0.05, 0) is 18.1 Å². The minimum absolute atomic E-state index is 0.0164. The summed E-state index contributed by atoms with van der Waals surface area (Å²) < 4.78 is 53.7. The van der Waals surface area contributed by atoms with Gasteiger partial charge in [0.05, 0.1) is 106 Å². The van der Waals surface area contributed by atoms with Crippen LogP contribution in [-0.4, -0.2) is 134 Å². The van der Waals surface area contributed by atoms with Crippen molar-refractivity contribution in [2.75, 3.05) is 119 Å². The summed E-state index contributed by atoms with van der Waals surface area (Å²) in [4.78, 5) is 11.9. The van der Waals surface area contributed by atoms with Gasteiger partial charge in [-0.25, -0.2) is 0 Å². The van der Waals surface area contributed by atoms with Crippen molar-refractivity contribution in [2.24, 2.45) is 0 Å². The molecule has 11 nitrogen and oxygen atoms in total. The highest BCUT2D eigenvalue weighted by atomic mass is 28.4. The summed E-state index contributed by atoms with van der Waals surface area (Å²) in [5.41, 5.74) is 0. The van der Waals surface area contributed by atoms with E-state index in [9.17, 15) is 4.79 Å². The van der Waals surface area contributed by atoms with Crippen LogP contribution in [0.4, 0.5) is 0 Å². The first-order valence-electron chi connectivity index (χ1n) is 13.0. The first-order valence-corrected chi connectivity index (χ1v) is 15.9. The molecule has 0 aromatic rings. The fourth-order valence-electron chi connectivity index (χ4n) is 2.30. The number of methoxy groups -OCH3 is 1. The molecule has 0 saturated heterocycles. The Bertz CT molecular complexity index is 515. The molecule has 0 aromatic heterocycles. The zero-order valence-corrected chi connectivity index (χ0v) is 25.0. The SMILES string of the molecule is COCCOCCOCCOCCOCCOCCOCCOCCOCC(=O)O[Si](C)(C)C(C)(C)C. The Morgan fingerprint density at radius 3 is 1.05 bits per heavy atom. The smallest absolute Gasteiger partial charge is 0.318 e. The molecule has 12 heteroatoms. The lowest BCUT2D eigenvalue weighted by atomic mass is 10.2. The van der Waals surface area contributed by atoms with Crippen LogP contribution in [0.3, 0.4) is 0 Å². The van der Waals surface area contributed by atoms with Gasteiger partial charge >= 0.3 is 5.97 Å². The summed E-state index contributed by atoms with van der Waals surface area (Å²) in [6.07, 6.45) is 0. The van der Waals surface area contributed by atoms with Gasteiger partial charge < -0.3 is 47.1 Å². The van der Waals surface area contributed by atoms with Crippen molar-refractivity contribution in [2.45, 2.75) is 38.9 Å². The molecule has 0 saturated carbocycles. The van der Waals surface area contributed by atoms with Crippen molar-refractivity contribution in [3.8, 4) is 0 Å². The second-order valence-corrected chi connectivity index (χ2v) is 14.3. The molecular weight excluding hydrogens is 504 g/mol. The predicted octanol–water partition coefficient (Wildman–Crippen LogP) is 2.31. The highest BCUT2D eigenvalue weighted by Gasteiger charge is 2.40. The molecule has 0 N–H and O–H groups in total. The van der Waals surface area contributed by atoms with E-state index in [0.29, 0.717) is 106 Å². The lowest BCUT2D eigenvalue weighted by molar-refractivity contribution is -0.141. The molecule has 0 rings (SSSR count). The predicted molar refractivity (Wildman–Crippen MR) is 142 cm³/mol. The Kier molecular flexibility index (Phi) is 23.9. The number of rotatable bonds is 27. The van der Waals surface area contributed by atoms with Crippen LogP contribution in [-0.2, 0) is 51.9 Å². The Morgan fingerprint density at radius 2 is 0.784 bits per heavy atom. The number of carbonyl (C=O) groups is 1.